The molecule has 3 aromatic rings. The Balaban J connectivity index is 1.67. The summed E-state index contributed by atoms with van der Waals surface area (Å²) < 4.78 is 19.7. The molecule has 0 aliphatic carbocycles. The van der Waals surface area contributed by atoms with Crippen LogP contribution in [0.25, 0.3) is 22.0 Å². The van der Waals surface area contributed by atoms with Crippen LogP contribution >= 0.6 is 0 Å². The van der Waals surface area contributed by atoms with Crippen molar-refractivity contribution in [2.24, 2.45) is 0 Å². The lowest BCUT2D eigenvalue weighted by Crippen LogP contribution is -2.41. The standard InChI is InChI=1S/C29H37N3O3/c1-5-6-7-8-9-22-21-10-11-25(33-4)28(30-13-15-31(2)3)24(21)18-32-14-12-20-16-26-27(35-19-34-26)17-23(20)29(22)32/h10-11,16-18H,5-9,12-15,19H2,1-4H3/p+1. The number of anilines is 1. The third-order valence-corrected chi connectivity index (χ3v) is 7.23. The molecule has 0 amide bonds. The lowest BCUT2D eigenvalue weighted by atomic mass is 9.89. The summed E-state index contributed by atoms with van der Waals surface area (Å²) in [5.41, 5.74) is 6.48. The number of benzene rings is 2. The van der Waals surface area contributed by atoms with Gasteiger partial charge in [-0.2, -0.15) is 4.57 Å². The number of fused-ring (bicyclic) bond motifs is 5. The summed E-state index contributed by atoms with van der Waals surface area (Å²) in [6, 6.07) is 8.76. The van der Waals surface area contributed by atoms with Crippen LogP contribution in [-0.4, -0.2) is 46.0 Å². The molecular weight excluding hydrogens is 438 g/mol. The number of pyridine rings is 1. The van der Waals surface area contributed by atoms with Crippen LogP contribution in [0.1, 0.15) is 43.7 Å². The summed E-state index contributed by atoms with van der Waals surface area (Å²) in [7, 11) is 5.96. The van der Waals surface area contributed by atoms with Crippen molar-refractivity contribution < 1.29 is 18.8 Å². The summed E-state index contributed by atoms with van der Waals surface area (Å²) in [6.45, 7) is 5.35. The van der Waals surface area contributed by atoms with Gasteiger partial charge in [-0.15, -0.1) is 0 Å². The molecule has 0 bridgehead atoms. The van der Waals surface area contributed by atoms with Crippen molar-refractivity contribution in [1.82, 2.24) is 4.90 Å². The fourth-order valence-electron chi connectivity index (χ4n) is 5.40. The van der Waals surface area contributed by atoms with Crippen LogP contribution in [0.15, 0.2) is 30.5 Å². The van der Waals surface area contributed by atoms with Crippen LogP contribution in [0.4, 0.5) is 5.69 Å². The van der Waals surface area contributed by atoms with E-state index in [-0.39, 0.29) is 0 Å². The van der Waals surface area contributed by atoms with Crippen LogP contribution in [-0.2, 0) is 19.4 Å². The number of hydrogen-bond acceptors (Lipinski definition) is 5. The Morgan fingerprint density at radius 2 is 1.89 bits per heavy atom. The molecule has 2 aliphatic rings. The normalized spacial score (nSPS) is 13.7. The second-order valence-electron chi connectivity index (χ2n) is 9.91. The van der Waals surface area contributed by atoms with Gasteiger partial charge in [0.05, 0.1) is 23.7 Å². The molecule has 6 heteroatoms. The minimum Gasteiger partial charge on any atom is -0.495 e. The van der Waals surface area contributed by atoms with Crippen molar-refractivity contribution in [3.05, 3.63) is 41.6 Å². The average molecular weight is 477 g/mol. The summed E-state index contributed by atoms with van der Waals surface area (Å²) in [4.78, 5) is 2.20. The van der Waals surface area contributed by atoms with Gasteiger partial charge in [-0.25, -0.2) is 0 Å². The molecular formula is C29H38N3O3+. The molecule has 0 unspecified atom stereocenters. The number of hydrogen-bond donors (Lipinski definition) is 1. The van der Waals surface area contributed by atoms with E-state index in [0.29, 0.717) is 6.79 Å². The molecule has 0 fully saturated rings. The third kappa shape index (κ3) is 4.64. The summed E-state index contributed by atoms with van der Waals surface area (Å²) in [6.07, 6.45) is 9.34. The first kappa shape index (κ1) is 23.7. The zero-order valence-corrected chi connectivity index (χ0v) is 21.6. The predicted octanol–water partition coefficient (Wildman–Crippen LogP) is 5.18. The van der Waals surface area contributed by atoms with Crippen molar-refractivity contribution in [3.8, 4) is 28.5 Å². The second kappa shape index (κ2) is 10.3. The van der Waals surface area contributed by atoms with Crippen molar-refractivity contribution in [3.63, 3.8) is 0 Å². The smallest absolute Gasteiger partial charge is 0.231 e. The largest absolute Gasteiger partial charge is 0.495 e. The highest BCUT2D eigenvalue weighted by atomic mass is 16.7. The maximum atomic E-state index is 5.80. The highest BCUT2D eigenvalue weighted by molar-refractivity contribution is 6.00. The number of aryl methyl sites for hydroxylation is 3. The van der Waals surface area contributed by atoms with Gasteiger partial charge in [0.15, 0.2) is 24.2 Å². The molecule has 0 saturated carbocycles. The Morgan fingerprint density at radius 1 is 1.06 bits per heavy atom. The zero-order chi connectivity index (χ0) is 24.4. The molecule has 0 saturated heterocycles. The highest BCUT2D eigenvalue weighted by Gasteiger charge is 2.32. The van der Waals surface area contributed by atoms with Crippen LogP contribution in [0, 0.1) is 0 Å². The molecule has 6 nitrogen and oxygen atoms in total. The maximum absolute atomic E-state index is 5.80. The Labute approximate surface area is 208 Å². The van der Waals surface area contributed by atoms with Crippen LogP contribution in [0.5, 0.6) is 17.2 Å². The van der Waals surface area contributed by atoms with Gasteiger partial charge in [0.1, 0.15) is 5.75 Å². The van der Waals surface area contributed by atoms with Crippen molar-refractivity contribution in [2.75, 3.05) is 46.4 Å². The fraction of sp³-hybridized carbons (Fsp3) is 0.483. The Kier molecular flexibility index (Phi) is 7.00. The molecule has 1 N–H and O–H groups in total. The lowest BCUT2D eigenvalue weighted by molar-refractivity contribution is -0.686. The summed E-state index contributed by atoms with van der Waals surface area (Å²) >= 11 is 0. The minimum absolute atomic E-state index is 0.307. The quantitative estimate of drug-likeness (QED) is 0.323. The molecule has 1 aromatic heterocycles. The number of aromatic nitrogens is 1. The molecule has 0 radical (unpaired) electrons. The zero-order valence-electron chi connectivity index (χ0n) is 21.6. The first-order valence-corrected chi connectivity index (χ1v) is 13.0. The Hall–Kier alpha value is -2.99. The SMILES string of the molecule is CCCCCCc1c2[n+](cc3c(NCCN(C)C)c(OC)ccc13)CCc1cc3c(cc1-2)OCO3. The van der Waals surface area contributed by atoms with E-state index in [1.54, 1.807) is 7.11 Å². The summed E-state index contributed by atoms with van der Waals surface area (Å²) in [5, 5.41) is 6.23. The molecule has 3 heterocycles. The first-order valence-electron chi connectivity index (χ1n) is 13.0. The van der Waals surface area contributed by atoms with Crippen LogP contribution in [0.3, 0.4) is 0 Å². The minimum atomic E-state index is 0.307. The van der Waals surface area contributed by atoms with Crippen LogP contribution < -0.4 is 24.1 Å². The third-order valence-electron chi connectivity index (χ3n) is 7.23. The van der Waals surface area contributed by atoms with Gasteiger partial charge >= 0.3 is 0 Å². The van der Waals surface area contributed by atoms with Gasteiger partial charge in [0.25, 0.3) is 0 Å². The van der Waals surface area contributed by atoms with Crippen molar-refractivity contribution in [2.45, 2.75) is 52.0 Å². The summed E-state index contributed by atoms with van der Waals surface area (Å²) in [5.74, 6) is 2.63. The van der Waals surface area contributed by atoms with Crippen molar-refractivity contribution >= 4 is 16.5 Å². The van der Waals surface area contributed by atoms with E-state index in [9.17, 15) is 0 Å². The number of ether oxygens (including phenoxy) is 3. The fourth-order valence-corrected chi connectivity index (χ4v) is 5.40. The van der Waals surface area contributed by atoms with E-state index >= 15 is 0 Å². The molecule has 0 spiro atoms. The van der Waals surface area contributed by atoms with Gasteiger partial charge < -0.3 is 24.4 Å². The number of unbranched alkanes of at least 4 members (excludes halogenated alkanes) is 3. The first-order chi connectivity index (χ1) is 17.1. The molecule has 35 heavy (non-hydrogen) atoms. The van der Waals surface area contributed by atoms with E-state index in [1.807, 2.05) is 0 Å². The van der Waals surface area contributed by atoms with Gasteiger partial charge in [-0.05, 0) is 62.2 Å². The number of nitrogens with one attached hydrogen (secondary N) is 1. The van der Waals surface area contributed by atoms with E-state index in [1.165, 1.54) is 58.8 Å². The van der Waals surface area contributed by atoms with E-state index < -0.39 is 0 Å². The highest BCUT2D eigenvalue weighted by Crippen LogP contribution is 2.43. The lowest BCUT2D eigenvalue weighted by Gasteiger charge is -2.22. The molecule has 2 aliphatic heterocycles. The van der Waals surface area contributed by atoms with E-state index in [4.69, 9.17) is 14.2 Å². The Morgan fingerprint density at radius 3 is 2.66 bits per heavy atom. The maximum Gasteiger partial charge on any atom is 0.231 e. The monoisotopic (exact) mass is 476 g/mol. The van der Waals surface area contributed by atoms with Crippen molar-refractivity contribution in [1.29, 1.82) is 0 Å². The number of methoxy groups -OCH3 is 1. The molecule has 5 rings (SSSR count). The van der Waals surface area contributed by atoms with Gasteiger partial charge in [0, 0.05) is 25.1 Å². The predicted molar refractivity (Wildman–Crippen MR) is 141 cm³/mol. The van der Waals surface area contributed by atoms with Crippen LogP contribution in [0.2, 0.25) is 0 Å². The molecule has 0 atom stereocenters. The number of rotatable bonds is 10. The van der Waals surface area contributed by atoms with Gasteiger partial charge in [-0.3, -0.25) is 0 Å². The topological polar surface area (TPSA) is 46.8 Å². The van der Waals surface area contributed by atoms with E-state index in [2.05, 4.69) is 66.3 Å². The average Bonchev–Trinajstić information content (AvgIpc) is 3.32. The van der Waals surface area contributed by atoms with E-state index in [0.717, 1.165) is 55.4 Å². The number of likely N-dealkylation sites (N-methyl/N-ethyl adjacent to an activating group) is 1. The van der Waals surface area contributed by atoms with Gasteiger partial charge in [0.2, 0.25) is 12.5 Å². The Bertz CT molecular complexity index is 1220. The molecule has 186 valence electrons. The number of nitrogens with zero attached hydrogens (tertiary/aromatic N) is 2. The molecule has 2 aromatic carbocycles. The van der Waals surface area contributed by atoms with Gasteiger partial charge in [-0.1, -0.05) is 26.2 Å². The second-order valence-corrected chi connectivity index (χ2v) is 9.91.